The van der Waals surface area contributed by atoms with Crippen LogP contribution in [-0.2, 0) is 30.8 Å². The lowest BCUT2D eigenvalue weighted by Crippen LogP contribution is -2.62. The monoisotopic (exact) mass is 748 g/mol. The van der Waals surface area contributed by atoms with Gasteiger partial charge in [-0.05, 0) is 119 Å². The summed E-state index contributed by atoms with van der Waals surface area (Å²) in [4.78, 5) is 31.9. The van der Waals surface area contributed by atoms with E-state index in [1.807, 2.05) is 13.0 Å². The Bertz CT molecular complexity index is 2200. The number of fused-ring (bicyclic) bond motifs is 11. The molecule has 0 bridgehead atoms. The predicted molar refractivity (Wildman–Crippen MR) is 212 cm³/mol. The number of rotatable bonds is 6. The molecule has 1 aromatic heterocycles. The molecule has 2 aromatic rings. The number of aliphatic imine (C=N–C) groups is 1. The molecule has 2 saturated carbocycles. The molecule has 292 valence electrons. The van der Waals surface area contributed by atoms with Gasteiger partial charge in [-0.2, -0.15) is 0 Å². The van der Waals surface area contributed by atoms with Crippen LogP contribution >= 0.6 is 0 Å². The maximum absolute atomic E-state index is 14.9. The van der Waals surface area contributed by atoms with Crippen LogP contribution in [0.1, 0.15) is 126 Å². The van der Waals surface area contributed by atoms with Crippen molar-refractivity contribution >= 4 is 34.1 Å². The van der Waals surface area contributed by atoms with E-state index < -0.39 is 46.9 Å². The van der Waals surface area contributed by atoms with Gasteiger partial charge >= 0.3 is 5.97 Å². The van der Waals surface area contributed by atoms with Gasteiger partial charge in [-0.1, -0.05) is 51.7 Å². The number of carbonyl (C=O) groups is 2. The van der Waals surface area contributed by atoms with Crippen LogP contribution in [-0.4, -0.2) is 69.0 Å². The molecule has 2 fully saturated rings. The molecule has 0 spiro atoms. The van der Waals surface area contributed by atoms with E-state index in [0.29, 0.717) is 23.8 Å². The zero-order chi connectivity index (χ0) is 39.4. The van der Waals surface area contributed by atoms with E-state index in [0.717, 1.165) is 58.9 Å². The average molecular weight is 749 g/mol. The van der Waals surface area contributed by atoms with Crippen LogP contribution in [0, 0.1) is 28.6 Å². The molecule has 7 aliphatic rings. The minimum Gasteiger partial charge on any atom is -0.475 e. The van der Waals surface area contributed by atoms with Crippen molar-refractivity contribution in [2.45, 2.75) is 128 Å². The zero-order valence-corrected chi connectivity index (χ0v) is 33.6. The highest BCUT2D eigenvalue weighted by molar-refractivity contribution is 6.18. The van der Waals surface area contributed by atoms with Crippen LogP contribution in [0.15, 0.2) is 54.1 Å². The fourth-order valence-corrected chi connectivity index (χ4v) is 13.2. The highest BCUT2D eigenvalue weighted by Crippen LogP contribution is 2.71. The summed E-state index contributed by atoms with van der Waals surface area (Å²) in [6.07, 6.45) is 10.5. The maximum atomic E-state index is 14.9. The van der Waals surface area contributed by atoms with Crippen molar-refractivity contribution in [1.29, 1.82) is 0 Å². The lowest BCUT2D eigenvalue weighted by atomic mass is 9.40. The minimum absolute atomic E-state index is 0.0175. The fourth-order valence-electron chi connectivity index (χ4n) is 13.2. The molecule has 3 aliphatic heterocycles. The number of carbonyl (C=O) groups excluding carboxylic acids is 2. The van der Waals surface area contributed by atoms with Gasteiger partial charge in [0.1, 0.15) is 19.3 Å². The first kappa shape index (κ1) is 36.8. The summed E-state index contributed by atoms with van der Waals surface area (Å²) in [6.45, 7) is 25.5. The Balaban J connectivity index is 1.18. The normalized spacial score (nSPS) is 38.8. The van der Waals surface area contributed by atoms with Crippen molar-refractivity contribution in [3.63, 3.8) is 0 Å². The zero-order valence-electron chi connectivity index (χ0n) is 33.6. The summed E-state index contributed by atoms with van der Waals surface area (Å²) in [5.74, 6) is 0.128. The third-order valence-electron chi connectivity index (χ3n) is 15.5. The van der Waals surface area contributed by atoms with Crippen LogP contribution in [0.4, 0.5) is 0 Å². The van der Waals surface area contributed by atoms with Gasteiger partial charge in [0.2, 0.25) is 5.90 Å². The van der Waals surface area contributed by atoms with Gasteiger partial charge in [0.15, 0.2) is 11.8 Å². The molecule has 9 nitrogen and oxygen atoms in total. The molecular weight excluding hydrogens is 693 g/mol. The number of allylic oxidation sites excluding steroid dienone is 1. The second-order valence-electron chi connectivity index (χ2n) is 19.4. The van der Waals surface area contributed by atoms with Crippen molar-refractivity contribution in [2.24, 2.45) is 33.6 Å². The Morgan fingerprint density at radius 2 is 1.87 bits per heavy atom. The number of ketones is 1. The molecule has 9 rings (SSSR count). The average Bonchev–Trinajstić information content (AvgIpc) is 3.89. The minimum atomic E-state index is -0.869. The van der Waals surface area contributed by atoms with E-state index in [4.69, 9.17) is 14.2 Å². The van der Waals surface area contributed by atoms with Crippen LogP contribution in [0.3, 0.4) is 0 Å². The highest BCUT2D eigenvalue weighted by atomic mass is 16.5. The Labute approximate surface area is 324 Å². The van der Waals surface area contributed by atoms with Crippen LogP contribution < -0.4 is 0 Å². The highest BCUT2D eigenvalue weighted by Gasteiger charge is 2.68. The fraction of sp³-hybridized carbons (Fsp3) is 0.587. The quantitative estimate of drug-likeness (QED) is 0.230. The standard InChI is InChI=1S/C46H56N2O7/c1-11-18-53-41(52)29-22-54-32(47-29)15-16-44(8)30-13-12-24-19-27-26-20-25-28-21-42(4,5)55-43(6,7)35(28)38(50)33(25)34-37(26)48(36(23(2)3)39(34)51)40(27)46(24,10)45(30,9)17-14-31(44)49/h11,15-16,20-21,24,29-31,35-36,38,49-50H,1-2,12-14,17-19,22H2,3-10H3/b16-15+/t24?,29-,30-,31-,35?,36-,38+,44-,45-,46+/m0/s1. The van der Waals surface area contributed by atoms with Gasteiger partial charge in [0.05, 0.1) is 34.5 Å². The molecular formula is C46H56N2O7. The van der Waals surface area contributed by atoms with Gasteiger partial charge in [-0.15, -0.1) is 0 Å². The molecule has 4 aliphatic carbocycles. The van der Waals surface area contributed by atoms with Gasteiger partial charge in [-0.3, -0.25) is 4.79 Å². The van der Waals surface area contributed by atoms with E-state index in [1.165, 1.54) is 17.3 Å². The SMILES string of the molecule is C=CCOC(=O)[C@@H]1COC(/C=C/[C@]2(C)[C@@H](O)CC[C@@]3(C)[C@H]2CCC2Cc4c(n5c6c(c7c(cc46)C4=CC(C)(C)OC(C)(C)C4[C@@H]7O)C(=O)[C@@H]5C(=C)C)[C@@]23C)=N1. The third-order valence-corrected chi connectivity index (χ3v) is 15.5. The molecule has 55 heavy (non-hydrogen) atoms. The molecule has 10 atom stereocenters. The number of ether oxygens (including phenoxy) is 3. The summed E-state index contributed by atoms with van der Waals surface area (Å²) in [5.41, 5.74) is 5.43. The summed E-state index contributed by atoms with van der Waals surface area (Å²) < 4.78 is 19.9. The first-order chi connectivity index (χ1) is 25.8. The van der Waals surface area contributed by atoms with E-state index in [-0.39, 0.29) is 41.7 Å². The van der Waals surface area contributed by atoms with E-state index >= 15 is 0 Å². The van der Waals surface area contributed by atoms with Gasteiger partial charge in [0, 0.05) is 33.4 Å². The third kappa shape index (κ3) is 4.66. The van der Waals surface area contributed by atoms with Crippen molar-refractivity contribution < 1.29 is 34.0 Å². The second kappa shape index (κ2) is 11.6. The lowest BCUT2D eigenvalue weighted by Gasteiger charge is -2.64. The lowest BCUT2D eigenvalue weighted by molar-refractivity contribution is -0.144. The number of nitrogens with zero attached hydrogens (tertiary/aromatic N) is 2. The molecule has 2 N–H and O–H groups in total. The predicted octanol–water partition coefficient (Wildman–Crippen LogP) is 7.68. The summed E-state index contributed by atoms with van der Waals surface area (Å²) in [6, 6.07) is 1.02. The first-order valence-corrected chi connectivity index (χ1v) is 20.2. The molecule has 1 aromatic carbocycles. The van der Waals surface area contributed by atoms with E-state index in [2.05, 4.69) is 89.4 Å². The number of aromatic nitrogens is 1. The van der Waals surface area contributed by atoms with Crippen molar-refractivity contribution in [2.75, 3.05) is 13.2 Å². The van der Waals surface area contributed by atoms with E-state index in [9.17, 15) is 19.8 Å². The Kier molecular flexibility index (Phi) is 7.79. The van der Waals surface area contributed by atoms with Gasteiger partial charge < -0.3 is 29.0 Å². The number of benzene rings is 1. The molecule has 0 radical (unpaired) electrons. The van der Waals surface area contributed by atoms with Gasteiger partial charge in [-0.25, -0.2) is 9.79 Å². The van der Waals surface area contributed by atoms with Crippen molar-refractivity contribution in [3.05, 3.63) is 77.0 Å². The molecule has 0 amide bonds. The first-order valence-electron chi connectivity index (χ1n) is 20.2. The van der Waals surface area contributed by atoms with Gasteiger partial charge in [0.25, 0.3) is 0 Å². The number of esters is 1. The number of hydrogen-bond donors (Lipinski definition) is 2. The van der Waals surface area contributed by atoms with E-state index in [1.54, 1.807) is 0 Å². The Morgan fingerprint density at radius 3 is 2.58 bits per heavy atom. The molecule has 4 heterocycles. The molecule has 2 unspecified atom stereocenters. The second-order valence-corrected chi connectivity index (χ2v) is 19.4. The molecule has 0 saturated heterocycles. The number of Topliss-reactive ketones (excluding diaryl/α,β-unsaturated/α-hetero) is 1. The largest absolute Gasteiger partial charge is 0.475 e. The summed E-state index contributed by atoms with van der Waals surface area (Å²) >= 11 is 0. The smallest absolute Gasteiger partial charge is 0.334 e. The van der Waals surface area contributed by atoms with Crippen LogP contribution in [0.25, 0.3) is 16.5 Å². The summed E-state index contributed by atoms with van der Waals surface area (Å²) in [7, 11) is 0. The topological polar surface area (TPSA) is 120 Å². The van der Waals surface area contributed by atoms with Crippen LogP contribution in [0.2, 0.25) is 0 Å². The number of aliphatic hydroxyl groups excluding tert-OH is 2. The maximum Gasteiger partial charge on any atom is 0.334 e. The number of hydrogen-bond acceptors (Lipinski definition) is 8. The Hall–Kier alpha value is -3.79. The van der Waals surface area contributed by atoms with Crippen molar-refractivity contribution in [3.8, 4) is 0 Å². The van der Waals surface area contributed by atoms with Crippen molar-refractivity contribution in [1.82, 2.24) is 4.57 Å². The Morgan fingerprint density at radius 1 is 1.13 bits per heavy atom. The molecule has 9 heteroatoms. The summed E-state index contributed by atoms with van der Waals surface area (Å²) in [5, 5.41) is 25.2. The number of aliphatic hydroxyl groups is 2. The van der Waals surface area contributed by atoms with Crippen LogP contribution in [0.5, 0.6) is 0 Å².